The molecule has 21 heavy (non-hydrogen) atoms. The Kier molecular flexibility index (Phi) is 4.99. The van der Waals surface area contributed by atoms with Gasteiger partial charge in [0.1, 0.15) is 0 Å². The monoisotopic (exact) mass is 309 g/mol. The first-order chi connectivity index (χ1) is 9.70. The van der Waals surface area contributed by atoms with Gasteiger partial charge in [0.25, 0.3) is 0 Å². The van der Waals surface area contributed by atoms with E-state index in [0.29, 0.717) is 5.41 Å². The summed E-state index contributed by atoms with van der Waals surface area (Å²) < 4.78 is 0. The molecule has 1 fully saturated rings. The quantitative estimate of drug-likeness (QED) is 0.902. The van der Waals surface area contributed by atoms with E-state index in [1.807, 2.05) is 11.3 Å². The molecule has 1 aliphatic rings. The van der Waals surface area contributed by atoms with Crippen molar-refractivity contribution in [2.75, 3.05) is 18.0 Å². The van der Waals surface area contributed by atoms with Crippen LogP contribution in [0.4, 0.5) is 5.13 Å². The Morgan fingerprint density at radius 1 is 1.24 bits per heavy atom. The maximum Gasteiger partial charge on any atom is 0.185 e. The molecule has 0 saturated carbocycles. The maximum absolute atomic E-state index is 4.91. The van der Waals surface area contributed by atoms with E-state index in [4.69, 9.17) is 4.98 Å². The topological polar surface area (TPSA) is 28.2 Å². The number of piperidine rings is 1. The Labute approximate surface area is 134 Å². The summed E-state index contributed by atoms with van der Waals surface area (Å²) in [5.41, 5.74) is 1.93. The number of hydrogen-bond acceptors (Lipinski definition) is 4. The zero-order valence-electron chi connectivity index (χ0n) is 14.5. The Morgan fingerprint density at radius 3 is 2.38 bits per heavy atom. The molecule has 1 N–H and O–H groups in total. The Balaban J connectivity index is 2.06. The van der Waals surface area contributed by atoms with Crippen molar-refractivity contribution in [3.05, 3.63) is 10.6 Å². The average molecular weight is 310 g/mol. The fourth-order valence-corrected chi connectivity index (χ4v) is 3.71. The normalized spacial score (nSPS) is 19.0. The SMILES string of the molecule is CCc1nc(N2CCC(C)(C)CC2)sc1CNC(C)(C)C. The maximum atomic E-state index is 4.91. The summed E-state index contributed by atoms with van der Waals surface area (Å²) in [7, 11) is 0. The van der Waals surface area contributed by atoms with Gasteiger partial charge in [-0.1, -0.05) is 20.8 Å². The lowest BCUT2D eigenvalue weighted by atomic mass is 9.83. The summed E-state index contributed by atoms with van der Waals surface area (Å²) in [6.45, 7) is 16.8. The number of nitrogens with one attached hydrogen (secondary N) is 1. The summed E-state index contributed by atoms with van der Waals surface area (Å²) in [6.07, 6.45) is 3.56. The van der Waals surface area contributed by atoms with Crippen molar-refractivity contribution in [3.63, 3.8) is 0 Å². The molecule has 0 unspecified atom stereocenters. The van der Waals surface area contributed by atoms with Gasteiger partial charge in [-0.15, -0.1) is 11.3 Å². The smallest absolute Gasteiger partial charge is 0.185 e. The molecule has 1 aromatic rings. The van der Waals surface area contributed by atoms with Crippen LogP contribution in [-0.4, -0.2) is 23.6 Å². The van der Waals surface area contributed by atoms with Gasteiger partial charge < -0.3 is 10.2 Å². The standard InChI is InChI=1S/C17H31N3S/c1-7-13-14(12-18-16(2,3)4)21-15(19-13)20-10-8-17(5,6)9-11-20/h18H,7-12H2,1-6H3. The van der Waals surface area contributed by atoms with E-state index in [1.54, 1.807) is 0 Å². The van der Waals surface area contributed by atoms with E-state index in [-0.39, 0.29) is 5.54 Å². The molecule has 0 aromatic carbocycles. The molecule has 0 aliphatic carbocycles. The number of hydrogen-bond donors (Lipinski definition) is 1. The molecular weight excluding hydrogens is 278 g/mol. The molecule has 2 rings (SSSR count). The van der Waals surface area contributed by atoms with Crippen LogP contribution in [0, 0.1) is 5.41 Å². The number of aryl methyl sites for hydroxylation is 1. The highest BCUT2D eigenvalue weighted by Gasteiger charge is 2.27. The van der Waals surface area contributed by atoms with Crippen molar-refractivity contribution >= 4 is 16.5 Å². The van der Waals surface area contributed by atoms with Crippen LogP contribution in [-0.2, 0) is 13.0 Å². The van der Waals surface area contributed by atoms with Crippen LogP contribution in [0.1, 0.15) is 65.0 Å². The van der Waals surface area contributed by atoms with E-state index in [2.05, 4.69) is 51.8 Å². The Hall–Kier alpha value is -0.610. The molecule has 1 saturated heterocycles. The molecule has 4 heteroatoms. The van der Waals surface area contributed by atoms with Gasteiger partial charge in [-0.3, -0.25) is 0 Å². The first-order valence-electron chi connectivity index (χ1n) is 8.19. The van der Waals surface area contributed by atoms with Crippen LogP contribution in [0.5, 0.6) is 0 Å². The highest BCUT2D eigenvalue weighted by Crippen LogP contribution is 2.35. The van der Waals surface area contributed by atoms with E-state index in [0.717, 1.165) is 26.1 Å². The summed E-state index contributed by atoms with van der Waals surface area (Å²) in [5, 5.41) is 4.82. The summed E-state index contributed by atoms with van der Waals surface area (Å²) in [6, 6.07) is 0. The van der Waals surface area contributed by atoms with E-state index >= 15 is 0 Å². The fraction of sp³-hybridized carbons (Fsp3) is 0.824. The van der Waals surface area contributed by atoms with Crippen LogP contribution in [0.25, 0.3) is 0 Å². The van der Waals surface area contributed by atoms with Crippen molar-refractivity contribution in [2.45, 2.75) is 72.9 Å². The van der Waals surface area contributed by atoms with Crippen molar-refractivity contribution in [2.24, 2.45) is 5.41 Å². The van der Waals surface area contributed by atoms with Crippen LogP contribution in [0.2, 0.25) is 0 Å². The predicted octanol–water partition coefficient (Wildman–Crippen LogP) is 4.22. The summed E-state index contributed by atoms with van der Waals surface area (Å²) in [5.74, 6) is 0. The molecule has 0 spiro atoms. The minimum atomic E-state index is 0.157. The number of rotatable bonds is 4. The van der Waals surface area contributed by atoms with Crippen LogP contribution >= 0.6 is 11.3 Å². The molecule has 0 amide bonds. The minimum Gasteiger partial charge on any atom is -0.348 e. The highest BCUT2D eigenvalue weighted by atomic mass is 32.1. The van der Waals surface area contributed by atoms with Gasteiger partial charge in [-0.2, -0.15) is 0 Å². The fourth-order valence-electron chi connectivity index (χ4n) is 2.57. The highest BCUT2D eigenvalue weighted by molar-refractivity contribution is 7.15. The molecular formula is C17H31N3S. The van der Waals surface area contributed by atoms with E-state index in [9.17, 15) is 0 Å². The Bertz CT molecular complexity index is 461. The molecule has 120 valence electrons. The lowest BCUT2D eigenvalue weighted by Crippen LogP contribution is -2.37. The zero-order valence-corrected chi connectivity index (χ0v) is 15.4. The third-order valence-corrected chi connectivity index (χ3v) is 5.43. The average Bonchev–Trinajstić information content (AvgIpc) is 2.78. The van der Waals surface area contributed by atoms with Gasteiger partial charge in [-0.05, 0) is 45.4 Å². The van der Waals surface area contributed by atoms with Crippen molar-refractivity contribution in [3.8, 4) is 0 Å². The molecule has 1 aromatic heterocycles. The second-order valence-electron chi connectivity index (χ2n) is 7.97. The second kappa shape index (κ2) is 6.25. The molecule has 3 nitrogen and oxygen atoms in total. The minimum absolute atomic E-state index is 0.157. The third kappa shape index (κ3) is 4.68. The summed E-state index contributed by atoms with van der Waals surface area (Å²) in [4.78, 5) is 8.80. The number of aromatic nitrogens is 1. The molecule has 0 bridgehead atoms. The second-order valence-corrected chi connectivity index (χ2v) is 9.04. The first kappa shape index (κ1) is 16.8. The molecule has 2 heterocycles. The largest absolute Gasteiger partial charge is 0.348 e. The summed E-state index contributed by atoms with van der Waals surface area (Å²) >= 11 is 1.88. The van der Waals surface area contributed by atoms with E-state index in [1.165, 1.54) is 28.5 Å². The van der Waals surface area contributed by atoms with Crippen molar-refractivity contribution < 1.29 is 0 Å². The van der Waals surface area contributed by atoms with Crippen molar-refractivity contribution in [1.29, 1.82) is 0 Å². The van der Waals surface area contributed by atoms with Gasteiger partial charge in [0.2, 0.25) is 0 Å². The van der Waals surface area contributed by atoms with Gasteiger partial charge >= 0.3 is 0 Å². The van der Waals surface area contributed by atoms with Crippen LogP contribution < -0.4 is 10.2 Å². The predicted molar refractivity (Wildman–Crippen MR) is 93.3 cm³/mol. The van der Waals surface area contributed by atoms with Gasteiger partial charge in [0.05, 0.1) is 5.69 Å². The molecule has 1 aliphatic heterocycles. The number of nitrogens with zero attached hydrogens (tertiary/aromatic N) is 2. The van der Waals surface area contributed by atoms with Crippen molar-refractivity contribution in [1.82, 2.24) is 10.3 Å². The van der Waals surface area contributed by atoms with E-state index < -0.39 is 0 Å². The van der Waals surface area contributed by atoms with Crippen LogP contribution in [0.3, 0.4) is 0 Å². The van der Waals surface area contributed by atoms with Gasteiger partial charge in [0, 0.05) is 30.1 Å². The van der Waals surface area contributed by atoms with Gasteiger partial charge in [-0.25, -0.2) is 4.98 Å². The van der Waals surface area contributed by atoms with Gasteiger partial charge in [0.15, 0.2) is 5.13 Å². The molecule has 0 radical (unpaired) electrons. The van der Waals surface area contributed by atoms with Crippen LogP contribution in [0.15, 0.2) is 0 Å². The lowest BCUT2D eigenvalue weighted by molar-refractivity contribution is 0.279. The zero-order chi connectivity index (χ0) is 15.7. The third-order valence-electron chi connectivity index (χ3n) is 4.27. The Morgan fingerprint density at radius 2 is 1.86 bits per heavy atom. The molecule has 0 atom stereocenters. The number of anilines is 1. The lowest BCUT2D eigenvalue weighted by Gasteiger charge is -2.36. The number of thiazole rings is 1. The first-order valence-corrected chi connectivity index (χ1v) is 9.00.